The van der Waals surface area contributed by atoms with Gasteiger partial charge in [0.2, 0.25) is 0 Å². The molecule has 3 amide bonds. The Bertz CT molecular complexity index is 904. The van der Waals surface area contributed by atoms with Gasteiger partial charge in [-0.25, -0.2) is 4.90 Å². The SMILES string of the molecule is O=C(NCCN1CCCCC1)c1ccc2c(c1)C(=O)N(c1ccccc1)C2=O. The molecule has 0 bridgehead atoms. The minimum absolute atomic E-state index is 0.224. The number of carbonyl (C=O) groups excluding carboxylic acids is 3. The number of imide groups is 1. The van der Waals surface area contributed by atoms with Gasteiger partial charge in [0.15, 0.2) is 0 Å². The van der Waals surface area contributed by atoms with Gasteiger partial charge in [0, 0.05) is 18.7 Å². The van der Waals surface area contributed by atoms with Crippen LogP contribution in [0.4, 0.5) is 5.69 Å². The summed E-state index contributed by atoms with van der Waals surface area (Å²) in [5.41, 5.74) is 1.53. The molecule has 1 saturated heterocycles. The van der Waals surface area contributed by atoms with Gasteiger partial charge in [0.1, 0.15) is 0 Å². The summed E-state index contributed by atoms with van der Waals surface area (Å²) < 4.78 is 0. The summed E-state index contributed by atoms with van der Waals surface area (Å²) in [6.07, 6.45) is 3.71. The molecule has 0 atom stereocenters. The first-order chi connectivity index (χ1) is 13.6. The van der Waals surface area contributed by atoms with Crippen LogP contribution in [0.2, 0.25) is 0 Å². The molecule has 6 heteroatoms. The zero-order chi connectivity index (χ0) is 19.5. The lowest BCUT2D eigenvalue weighted by Gasteiger charge is -2.26. The molecule has 28 heavy (non-hydrogen) atoms. The predicted octanol–water partition coefficient (Wildman–Crippen LogP) is 2.70. The number of nitrogens with zero attached hydrogens (tertiary/aromatic N) is 2. The fourth-order valence-electron chi connectivity index (χ4n) is 3.81. The minimum atomic E-state index is -0.394. The van der Waals surface area contributed by atoms with Crippen LogP contribution < -0.4 is 10.2 Å². The highest BCUT2D eigenvalue weighted by Gasteiger charge is 2.37. The molecule has 2 aromatic rings. The summed E-state index contributed by atoms with van der Waals surface area (Å²) in [5, 5.41) is 2.92. The zero-order valence-corrected chi connectivity index (χ0v) is 15.7. The zero-order valence-electron chi connectivity index (χ0n) is 15.7. The van der Waals surface area contributed by atoms with E-state index in [1.54, 1.807) is 36.4 Å². The summed E-state index contributed by atoms with van der Waals surface area (Å²) in [6.45, 7) is 3.57. The first kappa shape index (κ1) is 18.4. The third-order valence-corrected chi connectivity index (χ3v) is 5.33. The number of benzene rings is 2. The van der Waals surface area contributed by atoms with Crippen LogP contribution in [-0.2, 0) is 0 Å². The van der Waals surface area contributed by atoms with E-state index in [2.05, 4.69) is 10.2 Å². The molecule has 0 unspecified atom stereocenters. The van der Waals surface area contributed by atoms with E-state index in [0.29, 0.717) is 23.4 Å². The Morgan fingerprint density at radius 3 is 2.36 bits per heavy atom. The van der Waals surface area contributed by atoms with Gasteiger partial charge in [-0.2, -0.15) is 0 Å². The van der Waals surface area contributed by atoms with E-state index in [1.807, 2.05) is 6.07 Å². The molecule has 0 aliphatic carbocycles. The van der Waals surface area contributed by atoms with E-state index >= 15 is 0 Å². The van der Waals surface area contributed by atoms with Gasteiger partial charge >= 0.3 is 0 Å². The maximum Gasteiger partial charge on any atom is 0.266 e. The van der Waals surface area contributed by atoms with Crippen molar-refractivity contribution in [1.29, 1.82) is 0 Å². The topological polar surface area (TPSA) is 69.7 Å². The third kappa shape index (κ3) is 3.55. The molecule has 6 nitrogen and oxygen atoms in total. The molecule has 2 aliphatic rings. The standard InChI is InChI=1S/C22H23N3O3/c26-20(23-11-14-24-12-5-2-6-13-24)16-9-10-18-19(15-16)22(28)25(21(18)27)17-7-3-1-4-8-17/h1,3-4,7-10,15H,2,5-6,11-14H2,(H,23,26). The molecular formula is C22H23N3O3. The van der Waals surface area contributed by atoms with Crippen molar-refractivity contribution in [2.24, 2.45) is 0 Å². The largest absolute Gasteiger partial charge is 0.351 e. The van der Waals surface area contributed by atoms with E-state index < -0.39 is 5.91 Å². The monoisotopic (exact) mass is 377 g/mol. The lowest BCUT2D eigenvalue weighted by molar-refractivity contribution is 0.0923. The number of piperidine rings is 1. The van der Waals surface area contributed by atoms with Crippen LogP contribution in [0.3, 0.4) is 0 Å². The van der Waals surface area contributed by atoms with E-state index in [4.69, 9.17) is 0 Å². The van der Waals surface area contributed by atoms with Crippen LogP contribution in [0.25, 0.3) is 0 Å². The van der Waals surface area contributed by atoms with E-state index in [1.165, 1.54) is 25.3 Å². The number of fused-ring (bicyclic) bond motifs is 1. The lowest BCUT2D eigenvalue weighted by Crippen LogP contribution is -2.37. The molecule has 0 radical (unpaired) electrons. The van der Waals surface area contributed by atoms with Gasteiger partial charge in [-0.3, -0.25) is 14.4 Å². The first-order valence-electron chi connectivity index (χ1n) is 9.73. The number of likely N-dealkylation sites (tertiary alicyclic amines) is 1. The van der Waals surface area contributed by atoms with Crippen molar-refractivity contribution < 1.29 is 14.4 Å². The second-order valence-corrected chi connectivity index (χ2v) is 7.20. The Kier molecular flexibility index (Phi) is 5.21. The third-order valence-electron chi connectivity index (χ3n) is 5.33. The Balaban J connectivity index is 1.44. The molecule has 2 heterocycles. The lowest BCUT2D eigenvalue weighted by atomic mass is 10.1. The van der Waals surface area contributed by atoms with Gasteiger partial charge in [-0.05, 0) is 56.3 Å². The molecule has 4 rings (SSSR count). The van der Waals surface area contributed by atoms with Crippen LogP contribution in [-0.4, -0.2) is 48.8 Å². The van der Waals surface area contributed by atoms with Crippen molar-refractivity contribution in [2.75, 3.05) is 31.1 Å². The smallest absolute Gasteiger partial charge is 0.266 e. The number of carbonyl (C=O) groups is 3. The summed E-state index contributed by atoms with van der Waals surface area (Å²) in [7, 11) is 0. The molecule has 144 valence electrons. The number of rotatable bonds is 5. The molecule has 0 saturated carbocycles. The maximum absolute atomic E-state index is 12.8. The molecular weight excluding hydrogens is 354 g/mol. The maximum atomic E-state index is 12.8. The average Bonchev–Trinajstić information content (AvgIpc) is 2.99. The molecule has 1 fully saturated rings. The fourth-order valence-corrected chi connectivity index (χ4v) is 3.81. The number of hydrogen-bond donors (Lipinski definition) is 1. The highest BCUT2D eigenvalue weighted by molar-refractivity contribution is 6.34. The van der Waals surface area contributed by atoms with Crippen LogP contribution >= 0.6 is 0 Å². The number of hydrogen-bond acceptors (Lipinski definition) is 4. The van der Waals surface area contributed by atoms with Crippen molar-refractivity contribution in [3.05, 3.63) is 65.2 Å². The molecule has 0 spiro atoms. The quantitative estimate of drug-likeness (QED) is 0.814. The van der Waals surface area contributed by atoms with Crippen molar-refractivity contribution in [3.63, 3.8) is 0 Å². The normalized spacial score (nSPS) is 16.9. The molecule has 0 aromatic heterocycles. The van der Waals surface area contributed by atoms with Crippen LogP contribution in [0.15, 0.2) is 48.5 Å². The summed E-state index contributed by atoms with van der Waals surface area (Å²) in [4.78, 5) is 41.4. The van der Waals surface area contributed by atoms with E-state index in [0.717, 1.165) is 24.5 Å². The highest BCUT2D eigenvalue weighted by atomic mass is 16.2. The van der Waals surface area contributed by atoms with Crippen molar-refractivity contribution >= 4 is 23.4 Å². The molecule has 2 aliphatic heterocycles. The molecule has 2 aromatic carbocycles. The van der Waals surface area contributed by atoms with Crippen molar-refractivity contribution in [2.45, 2.75) is 19.3 Å². The van der Waals surface area contributed by atoms with Crippen LogP contribution in [0, 0.1) is 0 Å². The summed E-state index contributed by atoms with van der Waals surface area (Å²) in [5.74, 6) is -0.976. The highest BCUT2D eigenvalue weighted by Crippen LogP contribution is 2.28. The predicted molar refractivity (Wildman–Crippen MR) is 107 cm³/mol. The Hall–Kier alpha value is -2.99. The van der Waals surface area contributed by atoms with Crippen molar-refractivity contribution in [3.8, 4) is 0 Å². The Morgan fingerprint density at radius 2 is 1.61 bits per heavy atom. The number of anilines is 1. The summed E-state index contributed by atoms with van der Waals surface area (Å²) >= 11 is 0. The van der Waals surface area contributed by atoms with Crippen LogP contribution in [0.1, 0.15) is 50.3 Å². The van der Waals surface area contributed by atoms with Crippen LogP contribution in [0.5, 0.6) is 0 Å². The number of nitrogens with one attached hydrogen (secondary N) is 1. The Morgan fingerprint density at radius 1 is 0.893 bits per heavy atom. The fraction of sp³-hybridized carbons (Fsp3) is 0.318. The van der Waals surface area contributed by atoms with Gasteiger partial charge in [-0.1, -0.05) is 24.6 Å². The van der Waals surface area contributed by atoms with E-state index in [9.17, 15) is 14.4 Å². The Labute approximate surface area is 164 Å². The van der Waals surface area contributed by atoms with Gasteiger partial charge < -0.3 is 10.2 Å². The number of amides is 3. The molecule has 1 N–H and O–H groups in total. The second kappa shape index (κ2) is 7.94. The van der Waals surface area contributed by atoms with Gasteiger partial charge in [0.05, 0.1) is 16.8 Å². The number of para-hydroxylation sites is 1. The van der Waals surface area contributed by atoms with Crippen molar-refractivity contribution in [1.82, 2.24) is 10.2 Å². The van der Waals surface area contributed by atoms with Gasteiger partial charge in [0.25, 0.3) is 17.7 Å². The second-order valence-electron chi connectivity index (χ2n) is 7.20. The van der Waals surface area contributed by atoms with Gasteiger partial charge in [-0.15, -0.1) is 0 Å². The summed E-state index contributed by atoms with van der Waals surface area (Å²) in [6, 6.07) is 13.5. The van der Waals surface area contributed by atoms with E-state index in [-0.39, 0.29) is 17.4 Å². The average molecular weight is 377 g/mol. The minimum Gasteiger partial charge on any atom is -0.351 e. The first-order valence-corrected chi connectivity index (χ1v) is 9.73.